The van der Waals surface area contributed by atoms with Crippen molar-refractivity contribution in [1.82, 2.24) is 19.8 Å². The average Bonchev–Trinajstić information content (AvgIpc) is 2.49. The fourth-order valence-corrected chi connectivity index (χ4v) is 1.34. The molecule has 0 aliphatic heterocycles. The third kappa shape index (κ3) is 1.11. The molecular weight excluding hydrogens is 256 g/mol. The Kier molecular flexibility index (Phi) is 1.84. The molecule has 0 atom stereocenters. The van der Waals surface area contributed by atoms with E-state index < -0.39 is 17.2 Å². The minimum Gasteiger partial charge on any atom is -0.476 e. The predicted molar refractivity (Wildman–Crippen MR) is 48.3 cm³/mol. The van der Waals surface area contributed by atoms with Gasteiger partial charge in [-0.05, 0) is 15.9 Å². The molecular formula is C6H3BrN4O3. The van der Waals surface area contributed by atoms with Gasteiger partial charge in [0.15, 0.2) is 5.65 Å². The molecule has 2 rings (SSSR count). The third-order valence-electron chi connectivity index (χ3n) is 1.60. The topological polar surface area (TPSA) is 100 Å². The number of nitrogens with one attached hydrogen (secondary N) is 1. The number of rotatable bonds is 1. The second kappa shape index (κ2) is 2.91. The van der Waals surface area contributed by atoms with Gasteiger partial charge in [-0.25, -0.2) is 4.79 Å². The predicted octanol–water partition coefficient (Wildman–Crippen LogP) is -0.122. The molecule has 0 spiro atoms. The highest BCUT2D eigenvalue weighted by Gasteiger charge is 2.15. The summed E-state index contributed by atoms with van der Waals surface area (Å²) in [5, 5.41) is 18.0. The SMILES string of the molecule is O=C(O)c1nnc2c(Br)c[nH]n2c1=O. The summed E-state index contributed by atoms with van der Waals surface area (Å²) in [5.74, 6) is -1.40. The molecule has 2 aromatic heterocycles. The number of carboxylic acids is 1. The third-order valence-corrected chi connectivity index (χ3v) is 2.18. The van der Waals surface area contributed by atoms with Gasteiger partial charge in [-0.3, -0.25) is 9.89 Å². The maximum absolute atomic E-state index is 11.4. The molecule has 0 aliphatic rings. The number of aromatic carboxylic acids is 1. The van der Waals surface area contributed by atoms with Crippen LogP contribution in [0.2, 0.25) is 0 Å². The summed E-state index contributed by atoms with van der Waals surface area (Å²) in [5.41, 5.74) is -1.11. The van der Waals surface area contributed by atoms with Crippen molar-refractivity contribution in [2.75, 3.05) is 0 Å². The van der Waals surface area contributed by atoms with Crippen molar-refractivity contribution in [2.45, 2.75) is 0 Å². The molecule has 8 heteroatoms. The highest BCUT2D eigenvalue weighted by atomic mass is 79.9. The van der Waals surface area contributed by atoms with Crippen LogP contribution in [0.1, 0.15) is 10.5 Å². The standard InChI is InChI=1S/C6H3BrN4O3/c7-2-1-8-11-4(2)10-9-3(5(11)12)6(13)14/h1,8H,(H,13,14). The normalized spacial score (nSPS) is 10.6. The highest BCUT2D eigenvalue weighted by Crippen LogP contribution is 2.11. The number of H-pyrrole nitrogens is 1. The summed E-state index contributed by atoms with van der Waals surface area (Å²) < 4.78 is 1.54. The molecule has 0 saturated heterocycles. The molecule has 14 heavy (non-hydrogen) atoms. The lowest BCUT2D eigenvalue weighted by Gasteiger charge is -1.93. The van der Waals surface area contributed by atoms with Crippen LogP contribution >= 0.6 is 15.9 Å². The number of carboxylic acid groups (broad SMARTS) is 1. The Balaban J connectivity index is 2.90. The monoisotopic (exact) mass is 258 g/mol. The van der Waals surface area contributed by atoms with Crippen molar-refractivity contribution in [3.8, 4) is 0 Å². The molecule has 2 heterocycles. The molecule has 0 amide bonds. The smallest absolute Gasteiger partial charge is 0.362 e. The Morgan fingerprint density at radius 2 is 2.29 bits per heavy atom. The van der Waals surface area contributed by atoms with E-state index >= 15 is 0 Å². The molecule has 0 unspecified atom stereocenters. The average molecular weight is 259 g/mol. The summed E-state index contributed by atoms with van der Waals surface area (Å²) in [7, 11) is 0. The molecule has 0 aromatic carbocycles. The van der Waals surface area contributed by atoms with Crippen molar-refractivity contribution in [1.29, 1.82) is 0 Å². The Morgan fingerprint density at radius 1 is 1.57 bits per heavy atom. The van der Waals surface area contributed by atoms with Gasteiger partial charge in [-0.15, -0.1) is 10.2 Å². The van der Waals surface area contributed by atoms with Gasteiger partial charge in [0.2, 0.25) is 5.69 Å². The zero-order valence-corrected chi connectivity index (χ0v) is 8.15. The van der Waals surface area contributed by atoms with Gasteiger partial charge in [0.1, 0.15) is 0 Å². The van der Waals surface area contributed by atoms with E-state index in [1.54, 1.807) is 0 Å². The number of fused-ring (bicyclic) bond motifs is 1. The lowest BCUT2D eigenvalue weighted by molar-refractivity contribution is 0.0686. The summed E-state index contributed by atoms with van der Waals surface area (Å²) in [6, 6.07) is 0. The van der Waals surface area contributed by atoms with Crippen LogP contribution < -0.4 is 5.56 Å². The number of aromatic nitrogens is 4. The minimum absolute atomic E-state index is 0.250. The maximum Gasteiger partial charge on any atom is 0.362 e. The van der Waals surface area contributed by atoms with Crippen LogP contribution in [0.5, 0.6) is 0 Å². The Morgan fingerprint density at radius 3 is 2.93 bits per heavy atom. The van der Waals surface area contributed by atoms with E-state index in [0.29, 0.717) is 4.47 Å². The molecule has 2 aromatic rings. The fraction of sp³-hybridized carbons (Fsp3) is 0. The van der Waals surface area contributed by atoms with Gasteiger partial charge in [-0.1, -0.05) is 0 Å². The van der Waals surface area contributed by atoms with Crippen molar-refractivity contribution in [3.05, 3.63) is 26.7 Å². The number of nitrogens with zero attached hydrogens (tertiary/aromatic N) is 3. The van der Waals surface area contributed by atoms with Gasteiger partial charge >= 0.3 is 11.5 Å². The van der Waals surface area contributed by atoms with Gasteiger partial charge < -0.3 is 5.11 Å². The van der Waals surface area contributed by atoms with Crippen LogP contribution in [0.25, 0.3) is 5.65 Å². The first-order chi connectivity index (χ1) is 6.61. The molecule has 0 bridgehead atoms. The molecule has 72 valence electrons. The van der Waals surface area contributed by atoms with Gasteiger partial charge in [-0.2, -0.15) is 4.52 Å². The first-order valence-corrected chi connectivity index (χ1v) is 4.26. The second-order valence-corrected chi connectivity index (χ2v) is 3.29. The van der Waals surface area contributed by atoms with E-state index in [-0.39, 0.29) is 5.65 Å². The number of hydrogen-bond donors (Lipinski definition) is 2. The first-order valence-electron chi connectivity index (χ1n) is 3.47. The van der Waals surface area contributed by atoms with Crippen LogP contribution in [0, 0.1) is 0 Å². The van der Waals surface area contributed by atoms with Crippen molar-refractivity contribution < 1.29 is 9.90 Å². The molecule has 0 saturated carbocycles. The Labute approximate surface area is 84.5 Å². The lowest BCUT2D eigenvalue weighted by atomic mass is 10.5. The highest BCUT2D eigenvalue weighted by molar-refractivity contribution is 9.10. The van der Waals surface area contributed by atoms with Crippen LogP contribution in [0.15, 0.2) is 15.5 Å². The Hall–Kier alpha value is -1.70. The molecule has 0 aliphatic carbocycles. The largest absolute Gasteiger partial charge is 0.476 e. The van der Waals surface area contributed by atoms with E-state index in [2.05, 4.69) is 31.2 Å². The van der Waals surface area contributed by atoms with Crippen LogP contribution in [0.3, 0.4) is 0 Å². The quantitative estimate of drug-likeness (QED) is 0.743. The maximum atomic E-state index is 11.4. The van der Waals surface area contributed by atoms with Gasteiger partial charge in [0.05, 0.1) is 4.47 Å². The lowest BCUT2D eigenvalue weighted by Crippen LogP contribution is -2.25. The fourth-order valence-electron chi connectivity index (χ4n) is 0.981. The first kappa shape index (κ1) is 8.88. The minimum atomic E-state index is -1.40. The summed E-state index contributed by atoms with van der Waals surface area (Å²) in [4.78, 5) is 21.9. The van der Waals surface area contributed by atoms with Crippen LogP contribution in [-0.2, 0) is 0 Å². The van der Waals surface area contributed by atoms with E-state index in [4.69, 9.17) is 5.11 Å². The second-order valence-electron chi connectivity index (χ2n) is 2.44. The van der Waals surface area contributed by atoms with E-state index in [9.17, 15) is 9.59 Å². The molecule has 0 fully saturated rings. The van der Waals surface area contributed by atoms with E-state index in [1.807, 2.05) is 0 Å². The number of halogens is 1. The van der Waals surface area contributed by atoms with Crippen LogP contribution in [0.4, 0.5) is 0 Å². The van der Waals surface area contributed by atoms with E-state index in [1.165, 1.54) is 6.20 Å². The summed E-state index contributed by atoms with van der Waals surface area (Å²) in [6.45, 7) is 0. The Bertz CT molecular complexity index is 572. The van der Waals surface area contributed by atoms with Crippen molar-refractivity contribution in [3.63, 3.8) is 0 Å². The zero-order valence-electron chi connectivity index (χ0n) is 6.56. The van der Waals surface area contributed by atoms with Crippen LogP contribution in [-0.4, -0.2) is 30.9 Å². The number of hydrogen-bond acceptors (Lipinski definition) is 4. The number of aromatic amines is 1. The van der Waals surface area contributed by atoms with Gasteiger partial charge in [0, 0.05) is 6.20 Å². The molecule has 2 N–H and O–H groups in total. The number of carbonyl (C=O) groups is 1. The summed E-state index contributed by atoms with van der Waals surface area (Å²) in [6.07, 6.45) is 1.47. The van der Waals surface area contributed by atoms with Crippen molar-refractivity contribution >= 4 is 27.5 Å². The van der Waals surface area contributed by atoms with Gasteiger partial charge in [0.25, 0.3) is 0 Å². The van der Waals surface area contributed by atoms with Crippen molar-refractivity contribution in [2.24, 2.45) is 0 Å². The van der Waals surface area contributed by atoms with E-state index in [0.717, 1.165) is 4.52 Å². The summed E-state index contributed by atoms with van der Waals surface area (Å²) >= 11 is 3.12. The zero-order chi connectivity index (χ0) is 10.3. The molecule has 7 nitrogen and oxygen atoms in total. The molecule has 0 radical (unpaired) electrons.